The number of nitrogens with two attached hydrogens (primary N) is 1. The van der Waals surface area contributed by atoms with E-state index < -0.39 is 0 Å². The monoisotopic (exact) mass is 347 g/mol. The van der Waals surface area contributed by atoms with Gasteiger partial charge in [0.1, 0.15) is 0 Å². The summed E-state index contributed by atoms with van der Waals surface area (Å²) in [6.45, 7) is 2.93. The van der Waals surface area contributed by atoms with Gasteiger partial charge in [-0.05, 0) is 50.1 Å². The van der Waals surface area contributed by atoms with Crippen LogP contribution in [-0.4, -0.2) is 64.0 Å². The minimum absolute atomic E-state index is 0.243. The maximum absolute atomic E-state index is 12.5. The molecule has 3 rings (SSSR count). The van der Waals surface area contributed by atoms with Gasteiger partial charge in [0.2, 0.25) is 11.8 Å². The van der Waals surface area contributed by atoms with Crippen molar-refractivity contribution in [2.75, 3.05) is 26.2 Å². The van der Waals surface area contributed by atoms with Crippen LogP contribution in [-0.2, 0) is 16.0 Å². The summed E-state index contributed by atoms with van der Waals surface area (Å²) in [7, 11) is 0. The van der Waals surface area contributed by atoms with E-state index in [1.54, 1.807) is 0 Å². The molecule has 0 unspecified atom stereocenters. The third-order valence-electron chi connectivity index (χ3n) is 5.51. The molecule has 1 aromatic rings. The van der Waals surface area contributed by atoms with Crippen molar-refractivity contribution < 1.29 is 9.59 Å². The fraction of sp³-hybridized carbons (Fsp3) is 0.722. The number of hydrogen-bond acceptors (Lipinski definition) is 4. The zero-order chi connectivity index (χ0) is 17.6. The minimum Gasteiger partial charge on any atom is -0.342 e. The van der Waals surface area contributed by atoms with Gasteiger partial charge >= 0.3 is 0 Å². The van der Waals surface area contributed by atoms with E-state index in [4.69, 9.17) is 5.73 Å². The highest BCUT2D eigenvalue weighted by molar-refractivity contribution is 5.78. The minimum atomic E-state index is 0.243. The van der Waals surface area contributed by atoms with Crippen molar-refractivity contribution >= 4 is 11.8 Å². The Kier molecular flexibility index (Phi) is 6.07. The Labute approximate surface area is 148 Å². The molecule has 2 saturated heterocycles. The molecule has 0 aromatic carbocycles. The summed E-state index contributed by atoms with van der Waals surface area (Å²) in [6.07, 6.45) is 9.26. The second-order valence-corrected chi connectivity index (χ2v) is 7.18. The first-order valence-electron chi connectivity index (χ1n) is 9.44. The quantitative estimate of drug-likeness (QED) is 0.767. The summed E-state index contributed by atoms with van der Waals surface area (Å²) in [4.78, 5) is 28.8. The number of rotatable bonds is 7. The van der Waals surface area contributed by atoms with Crippen LogP contribution in [0.4, 0.5) is 0 Å². The van der Waals surface area contributed by atoms with Crippen LogP contribution in [0.2, 0.25) is 0 Å². The van der Waals surface area contributed by atoms with Crippen molar-refractivity contribution in [1.82, 2.24) is 20.0 Å². The van der Waals surface area contributed by atoms with Gasteiger partial charge < -0.3 is 15.5 Å². The van der Waals surface area contributed by atoms with Crippen LogP contribution in [0.1, 0.15) is 44.1 Å². The van der Waals surface area contributed by atoms with E-state index in [1.165, 1.54) is 0 Å². The summed E-state index contributed by atoms with van der Waals surface area (Å²) in [5.74, 6) is 0.920. The Hall–Kier alpha value is -1.89. The molecule has 25 heavy (non-hydrogen) atoms. The molecule has 7 heteroatoms. The average Bonchev–Trinajstić information content (AvgIpc) is 3.14. The highest BCUT2D eigenvalue weighted by atomic mass is 16.2. The number of carbonyl (C=O) groups excluding carboxylic acids is 2. The zero-order valence-corrected chi connectivity index (χ0v) is 14.8. The first-order chi connectivity index (χ1) is 12.2. The number of fused-ring (bicyclic) bond motifs is 1. The molecule has 0 aliphatic carbocycles. The van der Waals surface area contributed by atoms with E-state index in [2.05, 4.69) is 10.2 Å². The molecule has 2 aliphatic rings. The normalized spacial score (nSPS) is 23.6. The number of aromatic nitrogens is 2. The molecule has 7 nitrogen and oxygen atoms in total. The highest BCUT2D eigenvalue weighted by Crippen LogP contribution is 2.31. The second-order valence-electron chi connectivity index (χ2n) is 7.18. The number of aryl methyl sites for hydroxylation is 1. The van der Waals surface area contributed by atoms with E-state index >= 15 is 0 Å². The smallest absolute Gasteiger partial charge is 0.222 e. The molecule has 2 aliphatic heterocycles. The van der Waals surface area contributed by atoms with E-state index in [0.29, 0.717) is 31.3 Å². The molecule has 0 radical (unpaired) electrons. The predicted molar refractivity (Wildman–Crippen MR) is 94.6 cm³/mol. The maximum Gasteiger partial charge on any atom is 0.222 e. The maximum atomic E-state index is 12.5. The van der Waals surface area contributed by atoms with Gasteiger partial charge in [-0.15, -0.1) is 0 Å². The standard InChI is InChI=1S/C18H29N5O2/c19-8-2-9-23-16-7-10-22(13-15(16)5-6-18(23)25)17(24)4-1-3-14-11-20-21-12-14/h11-12,15-16H,1-10,13,19H2,(H,20,21)/t15-,16+/m0/s1. The van der Waals surface area contributed by atoms with Gasteiger partial charge in [-0.2, -0.15) is 5.10 Å². The molecule has 0 spiro atoms. The number of likely N-dealkylation sites (tertiary alicyclic amines) is 2. The third kappa shape index (κ3) is 4.39. The summed E-state index contributed by atoms with van der Waals surface area (Å²) in [5.41, 5.74) is 6.75. The summed E-state index contributed by atoms with van der Waals surface area (Å²) in [6, 6.07) is 0.294. The summed E-state index contributed by atoms with van der Waals surface area (Å²) in [5, 5.41) is 6.73. The van der Waals surface area contributed by atoms with Gasteiger partial charge in [0.05, 0.1) is 6.20 Å². The van der Waals surface area contributed by atoms with E-state index in [1.807, 2.05) is 22.2 Å². The fourth-order valence-electron chi connectivity index (χ4n) is 4.15. The van der Waals surface area contributed by atoms with Gasteiger partial charge in [0.15, 0.2) is 0 Å². The summed E-state index contributed by atoms with van der Waals surface area (Å²) < 4.78 is 0. The molecule has 3 heterocycles. The van der Waals surface area contributed by atoms with Crippen molar-refractivity contribution in [3.8, 4) is 0 Å². The Balaban J connectivity index is 1.48. The van der Waals surface area contributed by atoms with Gasteiger partial charge in [-0.25, -0.2) is 0 Å². The Morgan fingerprint density at radius 1 is 1.36 bits per heavy atom. The first-order valence-corrected chi connectivity index (χ1v) is 9.44. The molecule has 3 N–H and O–H groups in total. The lowest BCUT2D eigenvalue weighted by Gasteiger charge is -2.47. The van der Waals surface area contributed by atoms with Crippen LogP contribution < -0.4 is 5.73 Å². The van der Waals surface area contributed by atoms with Crippen LogP contribution >= 0.6 is 0 Å². The highest BCUT2D eigenvalue weighted by Gasteiger charge is 2.39. The third-order valence-corrected chi connectivity index (χ3v) is 5.51. The van der Waals surface area contributed by atoms with E-state index in [-0.39, 0.29) is 11.8 Å². The number of nitrogens with one attached hydrogen (secondary N) is 1. The van der Waals surface area contributed by atoms with Gasteiger partial charge in [0, 0.05) is 44.7 Å². The molecule has 2 fully saturated rings. The van der Waals surface area contributed by atoms with Gasteiger partial charge in [-0.3, -0.25) is 14.7 Å². The molecule has 2 amide bonds. The van der Waals surface area contributed by atoms with Crippen LogP contribution in [0, 0.1) is 5.92 Å². The molecular weight excluding hydrogens is 318 g/mol. The van der Waals surface area contributed by atoms with Crippen molar-refractivity contribution in [2.45, 2.75) is 51.0 Å². The number of carbonyl (C=O) groups is 2. The molecule has 2 atom stereocenters. The Bertz CT molecular complexity index is 574. The molecule has 0 saturated carbocycles. The molecule has 1 aromatic heterocycles. The number of piperidine rings is 2. The lowest BCUT2D eigenvalue weighted by atomic mass is 9.83. The Morgan fingerprint density at radius 2 is 2.24 bits per heavy atom. The number of amides is 2. The van der Waals surface area contributed by atoms with E-state index in [0.717, 1.165) is 57.3 Å². The van der Waals surface area contributed by atoms with Crippen molar-refractivity contribution in [2.24, 2.45) is 11.7 Å². The van der Waals surface area contributed by atoms with Crippen molar-refractivity contribution in [1.29, 1.82) is 0 Å². The lowest BCUT2D eigenvalue weighted by molar-refractivity contribution is -0.144. The first kappa shape index (κ1) is 17.9. The molecule has 0 bridgehead atoms. The van der Waals surface area contributed by atoms with Crippen LogP contribution in [0.3, 0.4) is 0 Å². The molecular formula is C18H29N5O2. The second kappa shape index (κ2) is 8.47. The number of H-pyrrole nitrogens is 1. The zero-order valence-electron chi connectivity index (χ0n) is 14.8. The SMILES string of the molecule is NCCCN1C(=O)CC[C@H]2CN(C(=O)CCCc3cn[nH]c3)CC[C@H]21. The topological polar surface area (TPSA) is 95.3 Å². The fourth-order valence-corrected chi connectivity index (χ4v) is 4.15. The summed E-state index contributed by atoms with van der Waals surface area (Å²) >= 11 is 0. The number of nitrogens with zero attached hydrogens (tertiary/aromatic N) is 3. The average molecular weight is 347 g/mol. The van der Waals surface area contributed by atoms with E-state index in [9.17, 15) is 9.59 Å². The van der Waals surface area contributed by atoms with Gasteiger partial charge in [-0.1, -0.05) is 0 Å². The predicted octanol–water partition coefficient (Wildman–Crippen LogP) is 0.921. The largest absolute Gasteiger partial charge is 0.342 e. The van der Waals surface area contributed by atoms with Crippen LogP contribution in [0.5, 0.6) is 0 Å². The Morgan fingerprint density at radius 3 is 3.00 bits per heavy atom. The van der Waals surface area contributed by atoms with Crippen molar-refractivity contribution in [3.63, 3.8) is 0 Å². The number of hydrogen-bond donors (Lipinski definition) is 2. The van der Waals surface area contributed by atoms with Crippen molar-refractivity contribution in [3.05, 3.63) is 18.0 Å². The van der Waals surface area contributed by atoms with Crippen LogP contribution in [0.25, 0.3) is 0 Å². The van der Waals surface area contributed by atoms with Crippen LogP contribution in [0.15, 0.2) is 12.4 Å². The molecule has 138 valence electrons. The number of aromatic amines is 1. The lowest BCUT2D eigenvalue weighted by Crippen LogP contribution is -2.57. The van der Waals surface area contributed by atoms with Gasteiger partial charge in [0.25, 0.3) is 0 Å².